The van der Waals surface area contributed by atoms with Crippen molar-refractivity contribution in [2.75, 3.05) is 290 Å². The lowest BCUT2D eigenvalue weighted by molar-refractivity contribution is -0.924. The topological polar surface area (TPSA) is 154 Å². The summed E-state index contributed by atoms with van der Waals surface area (Å²) in [5, 5.41) is 3.24. The van der Waals surface area contributed by atoms with E-state index < -0.39 is 0 Å². The van der Waals surface area contributed by atoms with Crippen LogP contribution in [0.4, 0.5) is 0 Å². The van der Waals surface area contributed by atoms with Gasteiger partial charge in [0, 0.05) is 57.8 Å². The first-order chi connectivity index (χ1) is 66.9. The van der Waals surface area contributed by atoms with Gasteiger partial charge in [0.05, 0.1) is 290 Å². The molecule has 0 aliphatic rings. The average molecular weight is 2180 g/mol. The molecular weight excluding hydrogens is 1930 g/mol. The van der Waals surface area contributed by atoms with Crippen LogP contribution >= 0.6 is 106 Å². The molecule has 27 heteroatoms. The molecule has 18 nitrogen and oxygen atoms in total. The van der Waals surface area contributed by atoms with Gasteiger partial charge in [0.15, 0.2) is 46.0 Å². The maximum Gasteiger partial charge on any atom is 0.189 e. The van der Waals surface area contributed by atoms with Crippen molar-refractivity contribution in [3.63, 3.8) is 0 Å². The number of hydrogen-bond donors (Lipinski definition) is 0. The second-order valence-corrected chi connectivity index (χ2v) is 50.9. The first-order valence-corrected chi connectivity index (χ1v) is 66.7. The summed E-state index contributed by atoms with van der Waals surface area (Å²) in [6.07, 6.45) is 30.6. The van der Waals surface area contributed by atoms with Crippen LogP contribution in [-0.2, 0) is 43.2 Å². The zero-order valence-electron chi connectivity index (χ0n) is 101. The van der Waals surface area contributed by atoms with E-state index in [0.29, 0.717) is 58.9 Å². The largest absolute Gasteiger partial charge is 0.330 e. The van der Waals surface area contributed by atoms with Gasteiger partial charge in [0.2, 0.25) is 0 Å². The summed E-state index contributed by atoms with van der Waals surface area (Å²) in [4.78, 5) is 102. The van der Waals surface area contributed by atoms with E-state index in [0.717, 1.165) is 238 Å². The molecule has 0 amide bonds. The molecule has 0 fully saturated rings. The molecule has 0 aliphatic carbocycles. The highest BCUT2D eigenvalue weighted by Gasteiger charge is 2.30. The summed E-state index contributed by atoms with van der Waals surface area (Å²) in [7, 11) is 12.9. The SMILES string of the molecule is CCCC(=O)SCC[N+](C)(C)C.CCCC(=O)SCC[N+](CC)(CC)CC.CCCC(=O)SCC[N+](CC)(CCC)CCC.CCCC(=O)SCC[N+](CC)(CCC)CCC.CCCCC(=O)SCC[N+](C)(C)C.CCCCC(=O)SCC[N+](CC)(CC)CC.CCCCC(=O)SCC[N+](CC)(CCC)CCC.CCCC[N+](CC)(CCC)CCSC(=O)CC.CCC[N+](CC)(CCC)CCSC(=O)CC. The van der Waals surface area contributed by atoms with Crippen molar-refractivity contribution in [2.24, 2.45) is 0 Å². The highest BCUT2D eigenvalue weighted by molar-refractivity contribution is 8.15. The van der Waals surface area contributed by atoms with Crippen LogP contribution in [0.2, 0.25) is 0 Å². The van der Waals surface area contributed by atoms with Gasteiger partial charge in [-0.25, -0.2) is 0 Å². The van der Waals surface area contributed by atoms with Gasteiger partial charge in [-0.05, 0) is 185 Å². The molecule has 0 aromatic carbocycles. The van der Waals surface area contributed by atoms with Crippen molar-refractivity contribution >= 4 is 152 Å². The van der Waals surface area contributed by atoms with Crippen LogP contribution in [0, 0.1) is 0 Å². The normalized spacial score (nSPS) is 12.1. The van der Waals surface area contributed by atoms with Gasteiger partial charge in [-0.1, -0.05) is 263 Å². The minimum atomic E-state index is 0.335. The molecule has 0 saturated heterocycles. The Hall–Kier alpha value is -0.180. The second kappa shape index (κ2) is 107. The molecule has 0 bridgehead atoms. The molecule has 0 N–H and O–H groups in total. The van der Waals surface area contributed by atoms with E-state index in [2.05, 4.69) is 229 Å². The van der Waals surface area contributed by atoms with Gasteiger partial charge in [0.25, 0.3) is 0 Å². The van der Waals surface area contributed by atoms with Crippen LogP contribution in [0.3, 0.4) is 0 Å². The highest BCUT2D eigenvalue weighted by Crippen LogP contribution is 2.23. The summed E-state index contributed by atoms with van der Waals surface area (Å²) < 4.78 is 10.1. The van der Waals surface area contributed by atoms with E-state index in [9.17, 15) is 43.2 Å². The molecule has 0 aromatic heterocycles. The number of hydrogen-bond acceptors (Lipinski definition) is 18. The maximum atomic E-state index is 11.6. The lowest BCUT2D eigenvalue weighted by atomic mass is 10.2. The Morgan fingerprint density at radius 1 is 0.142 bits per heavy atom. The van der Waals surface area contributed by atoms with Crippen LogP contribution in [0.1, 0.15) is 400 Å². The lowest BCUT2D eigenvalue weighted by Gasteiger charge is -2.37. The average Bonchev–Trinajstić information content (AvgIpc) is 0.886. The molecular formula is C114H246N9O9S9+9. The van der Waals surface area contributed by atoms with Gasteiger partial charge in [-0.2, -0.15) is 0 Å². The van der Waals surface area contributed by atoms with Crippen molar-refractivity contribution in [1.82, 2.24) is 0 Å². The van der Waals surface area contributed by atoms with Crippen LogP contribution in [0.5, 0.6) is 0 Å². The van der Waals surface area contributed by atoms with Crippen LogP contribution in [0.15, 0.2) is 0 Å². The van der Waals surface area contributed by atoms with E-state index in [4.69, 9.17) is 0 Å². The second-order valence-electron chi connectivity index (χ2n) is 40.6. The minimum absolute atomic E-state index is 0.335. The van der Waals surface area contributed by atoms with Crippen molar-refractivity contribution < 1.29 is 83.5 Å². The van der Waals surface area contributed by atoms with Crippen LogP contribution in [0.25, 0.3) is 0 Å². The first kappa shape index (κ1) is 158. The molecule has 1 unspecified atom stereocenters. The van der Waals surface area contributed by atoms with Crippen molar-refractivity contribution in [3.8, 4) is 0 Å². The Morgan fingerprint density at radius 2 is 0.284 bits per heavy atom. The number of carbonyl (C=O) groups is 9. The highest BCUT2D eigenvalue weighted by atomic mass is 32.2. The van der Waals surface area contributed by atoms with Crippen molar-refractivity contribution in [2.45, 2.75) is 400 Å². The smallest absolute Gasteiger partial charge is 0.189 e. The third kappa shape index (κ3) is 97.8. The molecule has 0 heterocycles. The zero-order valence-corrected chi connectivity index (χ0v) is 108. The van der Waals surface area contributed by atoms with Gasteiger partial charge in [0.1, 0.15) is 0 Å². The molecule has 0 aromatic rings. The minimum Gasteiger partial charge on any atom is -0.330 e. The Balaban J connectivity index is -0.000000199. The predicted octanol–water partition coefficient (Wildman–Crippen LogP) is 28.6. The summed E-state index contributed by atoms with van der Waals surface area (Å²) >= 11 is 13.7. The Bertz CT molecular complexity index is 2790. The van der Waals surface area contributed by atoms with Gasteiger partial charge in [-0.3, -0.25) is 43.2 Å². The Kier molecular flexibility index (Phi) is 120. The molecule has 0 spiro atoms. The molecule has 0 aliphatic heterocycles. The van der Waals surface area contributed by atoms with E-state index in [-0.39, 0.29) is 0 Å². The van der Waals surface area contributed by atoms with E-state index in [1.54, 1.807) is 35.3 Å². The first-order valence-electron chi connectivity index (χ1n) is 57.8. The van der Waals surface area contributed by atoms with E-state index in [1.165, 1.54) is 301 Å². The van der Waals surface area contributed by atoms with Crippen LogP contribution < -0.4 is 0 Å². The van der Waals surface area contributed by atoms with Crippen LogP contribution in [-0.4, -0.2) is 377 Å². The molecule has 0 saturated carbocycles. The standard InChI is InChI=1S/C15H32NOS.3C14H30NOS.2C13H28NOS.C12H26NOS.C10H22NOS.C9H20NOS/c1-5-9-10-15(17)18-14-13-16(8-4,11-6-2)12-7-3;1-5-9-11-15(8-4,10-6-2)12-13-17-14(16)7-3;2*1-5-9-14(16)17-13-12-15(8-4,10-6-2)11-7-3;1-5-9-10-13(15)16-12-11-14(6-2,7-3)8-4;1-5-9-14(8-4,10-6-2)11-12-16-13(15)7-3;1-5-9-12(14)15-11-10-13(6-2,7-3)8-4;1-5-6-7-10(12)13-9-8-11(2,3)4;1-5-6-9(11)12-8-7-10(2,3)4/h5-14H2,1-4H3;3*5-13H2,1-4H3;2*5-12H2,1-4H3;5-11H2,1-4H3;5-9H2,1-4H3;5-8H2,1-4H3/q9*+1. The quantitative estimate of drug-likeness (QED) is 0.0530. The number of rotatable bonds is 78. The third-order valence-corrected chi connectivity index (χ3v) is 35.5. The van der Waals surface area contributed by atoms with E-state index in [1.807, 2.05) is 20.8 Å². The van der Waals surface area contributed by atoms with Gasteiger partial charge in [-0.15, -0.1) is 0 Å². The number of thioether (sulfide) groups is 9. The van der Waals surface area contributed by atoms with Crippen molar-refractivity contribution in [3.05, 3.63) is 0 Å². The molecule has 141 heavy (non-hydrogen) atoms. The summed E-state index contributed by atoms with van der Waals surface area (Å²) in [5.74, 6) is 8.82. The fraction of sp³-hybridized carbons (Fsp3) is 0.921. The summed E-state index contributed by atoms with van der Waals surface area (Å²) in [6, 6.07) is 0. The van der Waals surface area contributed by atoms with Crippen molar-refractivity contribution in [1.29, 1.82) is 0 Å². The Morgan fingerprint density at radius 3 is 0.418 bits per heavy atom. The summed E-state index contributed by atoms with van der Waals surface area (Å²) in [5.41, 5.74) is 0. The van der Waals surface area contributed by atoms with Gasteiger partial charge < -0.3 is 40.3 Å². The Labute approximate surface area is 918 Å². The molecule has 0 radical (unpaired) electrons. The van der Waals surface area contributed by atoms with E-state index >= 15 is 0 Å². The maximum absolute atomic E-state index is 11.6. The predicted molar refractivity (Wildman–Crippen MR) is 650 cm³/mol. The zero-order chi connectivity index (χ0) is 110. The molecule has 0 rings (SSSR count). The number of carbonyl (C=O) groups excluding carboxylic acids is 9. The molecule has 846 valence electrons. The fourth-order valence-electron chi connectivity index (χ4n) is 16.9. The number of nitrogens with zero attached hydrogens (tertiary/aromatic N) is 9. The third-order valence-electron chi connectivity index (χ3n) is 27.1. The summed E-state index contributed by atoms with van der Waals surface area (Å²) in [6.45, 7) is 102. The number of quaternary nitrogens is 9. The lowest BCUT2D eigenvalue weighted by Crippen LogP contribution is -2.50. The number of unbranched alkanes of at least 4 members (excludes halogenated alkanes) is 4. The van der Waals surface area contributed by atoms with Gasteiger partial charge >= 0.3 is 0 Å². The molecule has 1 atom stereocenters. The monoisotopic (exact) mass is 2170 g/mol. The fourth-order valence-corrected chi connectivity index (χ4v) is 26.3.